The van der Waals surface area contributed by atoms with Crippen LogP contribution in [0.2, 0.25) is 0 Å². The van der Waals surface area contributed by atoms with Crippen LogP contribution in [0.25, 0.3) is 0 Å². The summed E-state index contributed by atoms with van der Waals surface area (Å²) in [6.45, 7) is 6.01. The Morgan fingerprint density at radius 2 is 1.91 bits per heavy atom. The lowest BCUT2D eigenvalue weighted by molar-refractivity contribution is 0.207. The third-order valence-electron chi connectivity index (χ3n) is 2.28. The first-order valence-electron chi connectivity index (χ1n) is 4.61. The van der Waals surface area contributed by atoms with Gasteiger partial charge in [0.25, 0.3) is 0 Å². The molecule has 1 rings (SSSR count). The molecular weight excluding hydrogens is 158 g/mol. The van der Waals surface area contributed by atoms with Crippen molar-refractivity contribution in [2.75, 3.05) is 25.5 Å². The Kier molecular flexibility index (Phi) is 4.24. The number of likely N-dealkylation sites (tertiary alicyclic amines) is 1. The Bertz CT molecular complexity index is 99.7. The van der Waals surface area contributed by atoms with E-state index >= 15 is 0 Å². The normalized spacial score (nSPS) is 23.5. The SMILES string of the molecule is C[C@H](CCl)CN1CCCCC1. The second-order valence-corrected chi connectivity index (χ2v) is 3.93. The molecule has 0 radical (unpaired) electrons. The lowest BCUT2D eigenvalue weighted by Gasteiger charge is -2.28. The van der Waals surface area contributed by atoms with Crippen molar-refractivity contribution in [1.29, 1.82) is 0 Å². The number of hydrogen-bond acceptors (Lipinski definition) is 1. The quantitative estimate of drug-likeness (QED) is 0.596. The molecule has 0 bridgehead atoms. The first kappa shape index (κ1) is 9.34. The van der Waals surface area contributed by atoms with Crippen LogP contribution >= 0.6 is 11.6 Å². The molecule has 1 heterocycles. The highest BCUT2D eigenvalue weighted by atomic mass is 35.5. The van der Waals surface area contributed by atoms with E-state index in [1.165, 1.54) is 38.9 Å². The average Bonchev–Trinajstić information content (AvgIpc) is 2.06. The first-order valence-corrected chi connectivity index (χ1v) is 5.14. The third kappa shape index (κ3) is 3.44. The summed E-state index contributed by atoms with van der Waals surface area (Å²) in [5.74, 6) is 1.46. The van der Waals surface area contributed by atoms with E-state index in [-0.39, 0.29) is 0 Å². The molecule has 0 aromatic heterocycles. The minimum atomic E-state index is 0.662. The smallest absolute Gasteiger partial charge is 0.0261 e. The monoisotopic (exact) mass is 175 g/mol. The highest BCUT2D eigenvalue weighted by molar-refractivity contribution is 6.18. The highest BCUT2D eigenvalue weighted by Gasteiger charge is 2.12. The Hall–Kier alpha value is 0.250. The van der Waals surface area contributed by atoms with Crippen molar-refractivity contribution in [3.05, 3.63) is 0 Å². The van der Waals surface area contributed by atoms with Crippen molar-refractivity contribution in [3.8, 4) is 0 Å². The van der Waals surface area contributed by atoms with E-state index in [1.807, 2.05) is 0 Å². The van der Waals surface area contributed by atoms with Crippen LogP contribution in [0.1, 0.15) is 26.2 Å². The molecule has 0 aromatic rings. The number of alkyl halides is 1. The number of rotatable bonds is 3. The van der Waals surface area contributed by atoms with Gasteiger partial charge in [-0.1, -0.05) is 13.3 Å². The molecule has 1 fully saturated rings. The molecule has 1 nitrogen and oxygen atoms in total. The zero-order valence-corrected chi connectivity index (χ0v) is 8.11. The Morgan fingerprint density at radius 3 is 2.45 bits per heavy atom. The minimum absolute atomic E-state index is 0.662. The summed E-state index contributed by atoms with van der Waals surface area (Å²) >= 11 is 5.74. The van der Waals surface area contributed by atoms with E-state index in [0.717, 1.165) is 5.88 Å². The predicted octanol–water partition coefficient (Wildman–Crippen LogP) is 2.35. The Morgan fingerprint density at radius 1 is 1.27 bits per heavy atom. The lowest BCUT2D eigenvalue weighted by atomic mass is 10.1. The molecular formula is C9H18ClN. The first-order chi connectivity index (χ1) is 5.33. The second-order valence-electron chi connectivity index (χ2n) is 3.62. The number of hydrogen-bond donors (Lipinski definition) is 0. The molecule has 2 heteroatoms. The minimum Gasteiger partial charge on any atom is -0.303 e. The van der Waals surface area contributed by atoms with E-state index in [4.69, 9.17) is 11.6 Å². The summed E-state index contributed by atoms with van der Waals surface area (Å²) in [6.07, 6.45) is 4.19. The van der Waals surface area contributed by atoms with Gasteiger partial charge < -0.3 is 4.90 Å². The summed E-state index contributed by atoms with van der Waals surface area (Å²) in [6, 6.07) is 0. The molecule has 0 spiro atoms. The Balaban J connectivity index is 2.13. The summed E-state index contributed by atoms with van der Waals surface area (Å²) < 4.78 is 0. The van der Waals surface area contributed by atoms with Crippen molar-refractivity contribution in [1.82, 2.24) is 4.90 Å². The molecule has 0 saturated carbocycles. The summed E-state index contributed by atoms with van der Waals surface area (Å²) in [5, 5.41) is 0. The van der Waals surface area contributed by atoms with Gasteiger partial charge in [0.05, 0.1) is 0 Å². The average molecular weight is 176 g/mol. The fourth-order valence-corrected chi connectivity index (χ4v) is 1.73. The summed E-state index contributed by atoms with van der Waals surface area (Å²) in [5.41, 5.74) is 0. The molecule has 0 aromatic carbocycles. The lowest BCUT2D eigenvalue weighted by Crippen LogP contribution is -2.33. The molecule has 1 saturated heterocycles. The van der Waals surface area contributed by atoms with E-state index in [9.17, 15) is 0 Å². The standard InChI is InChI=1S/C9H18ClN/c1-9(7-10)8-11-5-3-2-4-6-11/h9H,2-8H2,1H3/t9-/m1/s1. The van der Waals surface area contributed by atoms with Crippen molar-refractivity contribution in [3.63, 3.8) is 0 Å². The number of halogens is 1. The van der Waals surface area contributed by atoms with Crippen LogP contribution in [0.15, 0.2) is 0 Å². The molecule has 1 aliphatic heterocycles. The summed E-state index contributed by atoms with van der Waals surface area (Å²) in [4.78, 5) is 2.54. The van der Waals surface area contributed by atoms with Gasteiger partial charge in [-0.3, -0.25) is 0 Å². The largest absolute Gasteiger partial charge is 0.303 e. The maximum atomic E-state index is 5.74. The Labute approximate surface area is 74.7 Å². The van der Waals surface area contributed by atoms with Crippen LogP contribution in [0, 0.1) is 5.92 Å². The van der Waals surface area contributed by atoms with Crippen molar-refractivity contribution < 1.29 is 0 Å². The van der Waals surface area contributed by atoms with Crippen LogP contribution < -0.4 is 0 Å². The maximum absolute atomic E-state index is 5.74. The molecule has 0 amide bonds. The van der Waals surface area contributed by atoms with Crippen LogP contribution in [0.3, 0.4) is 0 Å². The number of piperidine rings is 1. The highest BCUT2D eigenvalue weighted by Crippen LogP contribution is 2.11. The fourth-order valence-electron chi connectivity index (χ4n) is 1.63. The van der Waals surface area contributed by atoms with E-state index < -0.39 is 0 Å². The molecule has 1 aliphatic rings. The topological polar surface area (TPSA) is 3.24 Å². The molecule has 66 valence electrons. The van der Waals surface area contributed by atoms with Crippen LogP contribution in [0.5, 0.6) is 0 Å². The summed E-state index contributed by atoms with van der Waals surface area (Å²) in [7, 11) is 0. The molecule has 0 unspecified atom stereocenters. The van der Waals surface area contributed by atoms with Crippen molar-refractivity contribution in [2.24, 2.45) is 5.92 Å². The van der Waals surface area contributed by atoms with Gasteiger partial charge in [0.15, 0.2) is 0 Å². The number of nitrogens with zero attached hydrogens (tertiary/aromatic N) is 1. The zero-order chi connectivity index (χ0) is 8.10. The van der Waals surface area contributed by atoms with Crippen LogP contribution in [-0.4, -0.2) is 30.4 Å². The van der Waals surface area contributed by atoms with Gasteiger partial charge in [-0.2, -0.15) is 0 Å². The zero-order valence-electron chi connectivity index (χ0n) is 7.35. The molecule has 11 heavy (non-hydrogen) atoms. The van der Waals surface area contributed by atoms with E-state index in [1.54, 1.807) is 0 Å². The molecule has 0 aliphatic carbocycles. The van der Waals surface area contributed by atoms with Crippen LogP contribution in [0.4, 0.5) is 0 Å². The fraction of sp³-hybridized carbons (Fsp3) is 1.00. The second kappa shape index (κ2) is 5.00. The maximum Gasteiger partial charge on any atom is 0.0261 e. The van der Waals surface area contributed by atoms with E-state index in [0.29, 0.717) is 5.92 Å². The van der Waals surface area contributed by atoms with Crippen molar-refractivity contribution >= 4 is 11.6 Å². The van der Waals surface area contributed by atoms with E-state index in [2.05, 4.69) is 11.8 Å². The van der Waals surface area contributed by atoms with Gasteiger partial charge >= 0.3 is 0 Å². The van der Waals surface area contributed by atoms with Gasteiger partial charge in [-0.25, -0.2) is 0 Å². The molecule has 1 atom stereocenters. The molecule has 0 N–H and O–H groups in total. The van der Waals surface area contributed by atoms with Gasteiger partial charge in [0, 0.05) is 12.4 Å². The predicted molar refractivity (Wildman–Crippen MR) is 50.2 cm³/mol. The van der Waals surface area contributed by atoms with Gasteiger partial charge in [-0.15, -0.1) is 11.6 Å². The third-order valence-corrected chi connectivity index (χ3v) is 2.81. The van der Waals surface area contributed by atoms with Gasteiger partial charge in [-0.05, 0) is 31.8 Å². The van der Waals surface area contributed by atoms with Gasteiger partial charge in [0.2, 0.25) is 0 Å². The van der Waals surface area contributed by atoms with Crippen molar-refractivity contribution in [2.45, 2.75) is 26.2 Å². The van der Waals surface area contributed by atoms with Crippen LogP contribution in [-0.2, 0) is 0 Å². The van der Waals surface area contributed by atoms with Gasteiger partial charge in [0.1, 0.15) is 0 Å².